The maximum absolute atomic E-state index is 13.8. The van der Waals surface area contributed by atoms with Crippen LogP contribution >= 0.6 is 0 Å². The lowest BCUT2D eigenvalue weighted by molar-refractivity contribution is -0.141. The Morgan fingerprint density at radius 2 is 1.20 bits per heavy atom. The molecule has 0 aliphatic carbocycles. The molecule has 3 aromatic carbocycles. The van der Waals surface area contributed by atoms with E-state index in [1.54, 1.807) is 30.3 Å². The number of nitrogens with zero attached hydrogens (tertiary/aromatic N) is 4. The van der Waals surface area contributed by atoms with E-state index >= 15 is 0 Å². The van der Waals surface area contributed by atoms with Crippen LogP contribution in [0, 0.1) is 13.8 Å². The normalized spacial score (nSPS) is 11.6. The van der Waals surface area contributed by atoms with E-state index in [1.807, 2.05) is 68.4 Å². The minimum Gasteiger partial charge on any atom is -0.211 e. The van der Waals surface area contributed by atoms with Gasteiger partial charge in [-0.05, 0) is 26.0 Å². The molecule has 0 saturated carbocycles. The molecule has 0 amide bonds. The molecule has 0 atom stereocenters. The Labute approximate surface area is 200 Å². The number of alkyl halides is 3. The average Bonchev–Trinajstić information content (AvgIpc) is 3.30. The molecule has 4 nitrogen and oxygen atoms in total. The lowest BCUT2D eigenvalue weighted by atomic mass is 10.1. The fraction of sp³-hybridized carbons (Fsp3) is 0.107. The van der Waals surface area contributed by atoms with Gasteiger partial charge in [0.2, 0.25) is 0 Å². The smallest absolute Gasteiger partial charge is 0.211 e. The summed E-state index contributed by atoms with van der Waals surface area (Å²) in [4.78, 5) is 8.39. The van der Waals surface area contributed by atoms with Gasteiger partial charge in [0.25, 0.3) is 5.95 Å². The highest BCUT2D eigenvalue weighted by molar-refractivity contribution is 5.70. The van der Waals surface area contributed by atoms with Gasteiger partial charge in [0.05, 0.1) is 17.1 Å². The molecule has 0 bridgehead atoms. The Morgan fingerprint density at radius 3 is 1.80 bits per heavy atom. The molecule has 35 heavy (non-hydrogen) atoms. The number of benzene rings is 3. The van der Waals surface area contributed by atoms with E-state index in [2.05, 4.69) is 15.1 Å². The standard InChI is InChI=1S/C28H21F3N4/c1-18-8-12-21(13-9-18)24-16-25(22-14-10-19(2)11-15-22)35(34-24)27-32-23(20-6-4-3-5-7-20)17-26(33-27)28(29,30)31/h3-17H,1-2H3. The molecule has 5 rings (SSSR count). The zero-order valence-corrected chi connectivity index (χ0v) is 19.1. The monoisotopic (exact) mass is 470 g/mol. The molecular weight excluding hydrogens is 449 g/mol. The van der Waals surface area contributed by atoms with Gasteiger partial charge in [-0.15, -0.1) is 0 Å². The summed E-state index contributed by atoms with van der Waals surface area (Å²) in [5.41, 5.74) is 4.72. The summed E-state index contributed by atoms with van der Waals surface area (Å²) in [7, 11) is 0. The lowest BCUT2D eigenvalue weighted by Gasteiger charge is -2.12. The van der Waals surface area contributed by atoms with Gasteiger partial charge in [-0.25, -0.2) is 9.97 Å². The van der Waals surface area contributed by atoms with Crippen molar-refractivity contribution in [2.45, 2.75) is 20.0 Å². The van der Waals surface area contributed by atoms with Crippen LogP contribution in [0.2, 0.25) is 0 Å². The topological polar surface area (TPSA) is 43.6 Å². The molecular formula is C28H21F3N4. The molecule has 5 aromatic rings. The number of hydrogen-bond donors (Lipinski definition) is 0. The summed E-state index contributed by atoms with van der Waals surface area (Å²) in [6.07, 6.45) is -4.64. The number of hydrogen-bond acceptors (Lipinski definition) is 3. The first kappa shape index (κ1) is 22.5. The second kappa shape index (κ2) is 8.83. The Morgan fingerprint density at radius 1 is 0.629 bits per heavy atom. The lowest BCUT2D eigenvalue weighted by Crippen LogP contribution is -2.14. The molecule has 0 saturated heterocycles. The molecule has 0 spiro atoms. The van der Waals surface area contributed by atoms with E-state index in [9.17, 15) is 13.2 Å². The molecule has 7 heteroatoms. The Bertz CT molecular complexity index is 1470. The van der Waals surface area contributed by atoms with Crippen molar-refractivity contribution in [2.24, 2.45) is 0 Å². The van der Waals surface area contributed by atoms with E-state index < -0.39 is 11.9 Å². The maximum atomic E-state index is 13.8. The minimum atomic E-state index is -4.64. The van der Waals surface area contributed by atoms with Gasteiger partial charge in [-0.1, -0.05) is 90.0 Å². The van der Waals surface area contributed by atoms with Crippen molar-refractivity contribution in [1.82, 2.24) is 19.7 Å². The predicted octanol–water partition coefficient (Wildman–Crippen LogP) is 7.30. The SMILES string of the molecule is Cc1ccc(-c2cc(-c3ccc(C)cc3)n(-c3nc(-c4ccccc4)cc(C(F)(F)F)n3)n2)cc1. The average molecular weight is 470 g/mol. The largest absolute Gasteiger partial charge is 0.433 e. The quantitative estimate of drug-likeness (QED) is 0.277. The molecule has 0 aliphatic rings. The van der Waals surface area contributed by atoms with Crippen LogP contribution in [0.25, 0.3) is 39.7 Å². The van der Waals surface area contributed by atoms with Crippen molar-refractivity contribution in [3.63, 3.8) is 0 Å². The van der Waals surface area contributed by atoms with E-state index in [-0.39, 0.29) is 11.6 Å². The molecule has 0 unspecified atom stereocenters. The predicted molar refractivity (Wildman–Crippen MR) is 130 cm³/mol. The fourth-order valence-corrected chi connectivity index (χ4v) is 3.76. The van der Waals surface area contributed by atoms with E-state index in [1.165, 1.54) is 4.68 Å². The summed E-state index contributed by atoms with van der Waals surface area (Å²) in [6, 6.07) is 27.1. The highest BCUT2D eigenvalue weighted by Crippen LogP contribution is 2.33. The number of halogens is 3. The van der Waals surface area contributed by atoms with Crippen LogP contribution in [0.3, 0.4) is 0 Å². The second-order valence-electron chi connectivity index (χ2n) is 8.36. The van der Waals surface area contributed by atoms with Gasteiger partial charge in [-0.3, -0.25) is 0 Å². The third-order valence-electron chi connectivity index (χ3n) is 5.67. The van der Waals surface area contributed by atoms with E-state index in [4.69, 9.17) is 0 Å². The van der Waals surface area contributed by atoms with Crippen molar-refractivity contribution in [2.75, 3.05) is 0 Å². The van der Waals surface area contributed by atoms with Gasteiger partial charge in [0.15, 0.2) is 5.69 Å². The molecule has 0 radical (unpaired) electrons. The third-order valence-corrected chi connectivity index (χ3v) is 5.67. The summed E-state index contributed by atoms with van der Waals surface area (Å²) in [5.74, 6) is -0.146. The van der Waals surface area contributed by atoms with Crippen molar-refractivity contribution in [3.05, 3.63) is 108 Å². The molecule has 0 aliphatic heterocycles. The third kappa shape index (κ3) is 4.71. The van der Waals surface area contributed by atoms with Gasteiger partial charge >= 0.3 is 6.18 Å². The second-order valence-corrected chi connectivity index (χ2v) is 8.36. The molecule has 0 N–H and O–H groups in total. The van der Waals surface area contributed by atoms with E-state index in [0.717, 1.165) is 28.3 Å². The maximum Gasteiger partial charge on any atom is 0.433 e. The van der Waals surface area contributed by atoms with Crippen molar-refractivity contribution in [3.8, 4) is 39.7 Å². The van der Waals surface area contributed by atoms with Crippen LogP contribution in [0.4, 0.5) is 13.2 Å². The van der Waals surface area contributed by atoms with Crippen LogP contribution in [0.1, 0.15) is 16.8 Å². The number of aromatic nitrogens is 4. The van der Waals surface area contributed by atoms with Crippen LogP contribution in [0.15, 0.2) is 91.0 Å². The first-order valence-corrected chi connectivity index (χ1v) is 11.0. The Balaban J connectivity index is 1.75. The zero-order chi connectivity index (χ0) is 24.6. The minimum absolute atomic E-state index is 0.146. The highest BCUT2D eigenvalue weighted by Gasteiger charge is 2.34. The molecule has 0 fully saturated rings. The Kier molecular flexibility index (Phi) is 5.68. The van der Waals surface area contributed by atoms with Crippen LogP contribution < -0.4 is 0 Å². The molecule has 2 heterocycles. The van der Waals surface area contributed by atoms with Crippen LogP contribution in [-0.2, 0) is 6.18 Å². The first-order chi connectivity index (χ1) is 16.8. The van der Waals surface area contributed by atoms with Crippen molar-refractivity contribution in [1.29, 1.82) is 0 Å². The van der Waals surface area contributed by atoms with Crippen molar-refractivity contribution < 1.29 is 13.2 Å². The van der Waals surface area contributed by atoms with Crippen LogP contribution in [-0.4, -0.2) is 19.7 Å². The zero-order valence-electron chi connectivity index (χ0n) is 19.1. The Hall–Kier alpha value is -4.26. The summed E-state index contributed by atoms with van der Waals surface area (Å²) < 4.78 is 42.9. The number of aryl methyl sites for hydroxylation is 2. The van der Waals surface area contributed by atoms with Gasteiger partial charge in [0, 0.05) is 16.7 Å². The summed E-state index contributed by atoms with van der Waals surface area (Å²) >= 11 is 0. The van der Waals surface area contributed by atoms with Gasteiger partial charge in [0.1, 0.15) is 0 Å². The molecule has 174 valence electrons. The first-order valence-electron chi connectivity index (χ1n) is 11.0. The van der Waals surface area contributed by atoms with E-state index in [0.29, 0.717) is 17.0 Å². The van der Waals surface area contributed by atoms with Gasteiger partial charge < -0.3 is 0 Å². The van der Waals surface area contributed by atoms with Crippen LogP contribution in [0.5, 0.6) is 0 Å². The fourth-order valence-electron chi connectivity index (χ4n) is 3.76. The summed E-state index contributed by atoms with van der Waals surface area (Å²) in [6.45, 7) is 3.96. The van der Waals surface area contributed by atoms with Gasteiger partial charge in [-0.2, -0.15) is 23.0 Å². The van der Waals surface area contributed by atoms with Crippen molar-refractivity contribution >= 4 is 0 Å². The molecule has 2 aromatic heterocycles. The highest BCUT2D eigenvalue weighted by atomic mass is 19.4. The summed E-state index contributed by atoms with van der Waals surface area (Å²) in [5, 5.41) is 4.66. The number of rotatable bonds is 4.